The normalized spacial score (nSPS) is 10.9. The molecule has 2 N–H and O–H groups in total. The van der Waals surface area contributed by atoms with Crippen LogP contribution in [0.1, 0.15) is 21.2 Å². The molecular formula is C13H14N4O3S. The molecule has 0 aliphatic rings. The zero-order valence-electron chi connectivity index (χ0n) is 11.3. The van der Waals surface area contributed by atoms with E-state index in [4.69, 9.17) is 5.11 Å². The number of rotatable bonds is 6. The van der Waals surface area contributed by atoms with Crippen LogP contribution in [-0.4, -0.2) is 38.3 Å². The molecule has 0 aliphatic carbocycles. The Bertz CT molecular complexity index is 675. The fourth-order valence-corrected chi connectivity index (χ4v) is 2.36. The van der Waals surface area contributed by atoms with E-state index >= 15 is 0 Å². The van der Waals surface area contributed by atoms with E-state index < -0.39 is 5.97 Å². The Morgan fingerprint density at radius 3 is 2.95 bits per heavy atom. The van der Waals surface area contributed by atoms with Gasteiger partial charge in [-0.3, -0.25) is 9.48 Å². The summed E-state index contributed by atoms with van der Waals surface area (Å²) in [6, 6.07) is 1.80. The summed E-state index contributed by atoms with van der Waals surface area (Å²) in [6.45, 7) is 0.404. The molecule has 2 rings (SSSR count). The molecule has 0 aromatic carbocycles. The maximum atomic E-state index is 11.6. The van der Waals surface area contributed by atoms with E-state index in [1.165, 1.54) is 22.8 Å². The first-order chi connectivity index (χ1) is 10.1. The molecule has 0 saturated heterocycles. The number of carboxylic acids is 1. The van der Waals surface area contributed by atoms with Crippen LogP contribution in [0.4, 0.5) is 0 Å². The van der Waals surface area contributed by atoms with Crippen molar-refractivity contribution in [1.29, 1.82) is 0 Å². The van der Waals surface area contributed by atoms with Crippen LogP contribution >= 0.6 is 11.3 Å². The number of aromatic nitrogens is 3. The van der Waals surface area contributed by atoms with Gasteiger partial charge in [0.25, 0.3) is 0 Å². The van der Waals surface area contributed by atoms with Crippen LogP contribution in [0.3, 0.4) is 0 Å². The van der Waals surface area contributed by atoms with Crippen LogP contribution in [0.15, 0.2) is 23.7 Å². The van der Waals surface area contributed by atoms with Crippen LogP contribution in [0, 0.1) is 0 Å². The lowest BCUT2D eigenvalue weighted by Gasteiger charge is -1.99. The van der Waals surface area contributed by atoms with Crippen molar-refractivity contribution in [2.24, 2.45) is 7.05 Å². The minimum absolute atomic E-state index is 0.0393. The molecule has 1 amide bonds. The number of carbonyl (C=O) groups is 2. The van der Waals surface area contributed by atoms with Crippen molar-refractivity contribution in [3.05, 3.63) is 40.1 Å². The van der Waals surface area contributed by atoms with Gasteiger partial charge in [0, 0.05) is 37.7 Å². The molecule has 7 nitrogen and oxygen atoms in total. The molecule has 110 valence electrons. The van der Waals surface area contributed by atoms with Crippen LogP contribution in [-0.2, 0) is 18.3 Å². The van der Waals surface area contributed by atoms with E-state index in [1.807, 2.05) is 0 Å². The average molecular weight is 306 g/mol. The van der Waals surface area contributed by atoms with Gasteiger partial charge in [-0.2, -0.15) is 5.10 Å². The summed E-state index contributed by atoms with van der Waals surface area (Å²) in [5.41, 5.74) is 0.869. The first-order valence-corrected chi connectivity index (χ1v) is 7.06. The zero-order valence-corrected chi connectivity index (χ0v) is 12.1. The number of hydrogen-bond donors (Lipinski definition) is 2. The number of aryl methyl sites for hydroxylation is 1. The lowest BCUT2D eigenvalue weighted by atomic mass is 10.3. The van der Waals surface area contributed by atoms with E-state index in [2.05, 4.69) is 15.4 Å². The molecule has 21 heavy (non-hydrogen) atoms. The Kier molecular flexibility index (Phi) is 4.83. The molecule has 2 aromatic heterocycles. The summed E-state index contributed by atoms with van der Waals surface area (Å²) in [5, 5.41) is 17.6. The third kappa shape index (κ3) is 4.25. The van der Waals surface area contributed by atoms with Crippen LogP contribution in [0.2, 0.25) is 0 Å². The van der Waals surface area contributed by atoms with Gasteiger partial charge in [0.1, 0.15) is 0 Å². The first-order valence-electron chi connectivity index (χ1n) is 6.18. The highest BCUT2D eigenvalue weighted by atomic mass is 32.1. The predicted octanol–water partition coefficient (Wildman–Crippen LogP) is 0.947. The van der Waals surface area contributed by atoms with E-state index in [0.717, 1.165) is 5.69 Å². The Balaban J connectivity index is 1.77. The van der Waals surface area contributed by atoms with Gasteiger partial charge in [0.05, 0.1) is 10.7 Å². The Labute approximate surface area is 124 Å². The van der Waals surface area contributed by atoms with Crippen molar-refractivity contribution in [1.82, 2.24) is 20.1 Å². The SMILES string of the molecule is Cn1nccc1C=CC(=O)NCCc1nc(C(=O)O)cs1. The van der Waals surface area contributed by atoms with E-state index in [-0.39, 0.29) is 11.6 Å². The minimum atomic E-state index is -1.04. The minimum Gasteiger partial charge on any atom is -0.476 e. The van der Waals surface area contributed by atoms with Gasteiger partial charge in [-0.05, 0) is 12.1 Å². The molecule has 0 aliphatic heterocycles. The maximum absolute atomic E-state index is 11.6. The maximum Gasteiger partial charge on any atom is 0.355 e. The van der Waals surface area contributed by atoms with Crippen LogP contribution in [0.25, 0.3) is 6.08 Å². The molecular weight excluding hydrogens is 292 g/mol. The molecule has 0 unspecified atom stereocenters. The molecule has 0 saturated carbocycles. The fourth-order valence-electron chi connectivity index (χ4n) is 1.58. The number of amides is 1. The van der Waals surface area contributed by atoms with Gasteiger partial charge in [-0.25, -0.2) is 9.78 Å². The number of carbonyl (C=O) groups excluding carboxylic acids is 1. The highest BCUT2D eigenvalue weighted by Gasteiger charge is 2.08. The van der Waals surface area contributed by atoms with Crippen LogP contribution in [0.5, 0.6) is 0 Å². The predicted molar refractivity (Wildman–Crippen MR) is 78.0 cm³/mol. The third-order valence-corrected chi connectivity index (χ3v) is 3.58. The Hall–Kier alpha value is -2.48. The second-order valence-electron chi connectivity index (χ2n) is 4.19. The molecule has 2 aromatic rings. The largest absolute Gasteiger partial charge is 0.476 e. The number of aromatic carboxylic acids is 1. The Morgan fingerprint density at radius 2 is 2.33 bits per heavy atom. The zero-order chi connectivity index (χ0) is 15.2. The van der Waals surface area contributed by atoms with Gasteiger partial charge in [-0.15, -0.1) is 11.3 Å². The molecule has 0 spiro atoms. The number of carboxylic acid groups (broad SMARTS) is 1. The van der Waals surface area contributed by atoms with E-state index in [1.54, 1.807) is 30.1 Å². The summed E-state index contributed by atoms with van der Waals surface area (Å²) >= 11 is 1.27. The van der Waals surface area contributed by atoms with Gasteiger partial charge in [0.2, 0.25) is 5.91 Å². The highest BCUT2D eigenvalue weighted by Crippen LogP contribution is 2.09. The molecule has 8 heteroatoms. The second-order valence-corrected chi connectivity index (χ2v) is 5.13. The number of nitrogens with zero attached hydrogens (tertiary/aromatic N) is 3. The van der Waals surface area contributed by atoms with Crippen molar-refractivity contribution in [3.63, 3.8) is 0 Å². The Morgan fingerprint density at radius 1 is 1.52 bits per heavy atom. The first kappa shape index (κ1) is 14.9. The molecule has 0 radical (unpaired) electrons. The molecule has 0 bridgehead atoms. The summed E-state index contributed by atoms with van der Waals surface area (Å²) in [6.07, 6.45) is 5.26. The summed E-state index contributed by atoms with van der Waals surface area (Å²) in [5.74, 6) is -1.26. The third-order valence-electron chi connectivity index (χ3n) is 2.67. The second kappa shape index (κ2) is 6.80. The summed E-state index contributed by atoms with van der Waals surface area (Å²) < 4.78 is 1.66. The van der Waals surface area contributed by atoms with Gasteiger partial charge in [0.15, 0.2) is 5.69 Å². The van der Waals surface area contributed by atoms with Gasteiger partial charge >= 0.3 is 5.97 Å². The smallest absolute Gasteiger partial charge is 0.355 e. The number of nitrogens with one attached hydrogen (secondary N) is 1. The van der Waals surface area contributed by atoms with Crippen LogP contribution < -0.4 is 5.32 Å². The lowest BCUT2D eigenvalue weighted by molar-refractivity contribution is -0.116. The summed E-state index contributed by atoms with van der Waals surface area (Å²) in [7, 11) is 1.79. The molecule has 0 atom stereocenters. The van der Waals surface area contributed by atoms with Crippen molar-refractivity contribution in [3.8, 4) is 0 Å². The highest BCUT2D eigenvalue weighted by molar-refractivity contribution is 7.09. The number of thiazole rings is 1. The molecule has 0 fully saturated rings. The van der Waals surface area contributed by atoms with Crippen molar-refractivity contribution in [2.75, 3.05) is 6.54 Å². The topological polar surface area (TPSA) is 97.1 Å². The van der Waals surface area contributed by atoms with Crippen molar-refractivity contribution < 1.29 is 14.7 Å². The monoisotopic (exact) mass is 306 g/mol. The van der Waals surface area contributed by atoms with Gasteiger partial charge in [-0.1, -0.05) is 0 Å². The molecule has 2 heterocycles. The fraction of sp³-hybridized carbons (Fsp3) is 0.231. The standard InChI is InChI=1S/C13H14N4O3S/c1-17-9(4-7-15-17)2-3-11(18)14-6-5-12-16-10(8-21-12)13(19)20/h2-4,7-8H,5-6H2,1H3,(H,14,18)(H,19,20). The van der Waals surface area contributed by atoms with Crippen molar-refractivity contribution in [2.45, 2.75) is 6.42 Å². The number of hydrogen-bond acceptors (Lipinski definition) is 5. The summed E-state index contributed by atoms with van der Waals surface area (Å²) in [4.78, 5) is 26.2. The quantitative estimate of drug-likeness (QED) is 0.774. The van der Waals surface area contributed by atoms with E-state index in [9.17, 15) is 9.59 Å². The van der Waals surface area contributed by atoms with Gasteiger partial charge < -0.3 is 10.4 Å². The lowest BCUT2D eigenvalue weighted by Crippen LogP contribution is -2.23. The average Bonchev–Trinajstić information content (AvgIpc) is 3.06. The van der Waals surface area contributed by atoms with E-state index in [0.29, 0.717) is 18.0 Å². The van der Waals surface area contributed by atoms with Crippen molar-refractivity contribution >= 4 is 29.3 Å².